The average molecular weight is 363 g/mol. The summed E-state index contributed by atoms with van der Waals surface area (Å²) >= 11 is 0. The zero-order chi connectivity index (χ0) is 18.2. The molecule has 1 aliphatic heterocycles. The second-order valence-electron chi connectivity index (χ2n) is 7.17. The second-order valence-corrected chi connectivity index (χ2v) is 7.17. The fourth-order valence-corrected chi connectivity index (χ4v) is 4.10. The van der Waals surface area contributed by atoms with Crippen molar-refractivity contribution in [2.24, 2.45) is 0 Å². The predicted octanol–water partition coefficient (Wildman–Crippen LogP) is 1.38. The fourth-order valence-electron chi connectivity index (χ4n) is 4.10. The van der Waals surface area contributed by atoms with E-state index in [2.05, 4.69) is 20.1 Å². The summed E-state index contributed by atoms with van der Waals surface area (Å²) in [6.45, 7) is 1.49. The van der Waals surface area contributed by atoms with E-state index in [1.807, 2.05) is 12.3 Å². The molecule has 27 heavy (non-hydrogen) atoms. The van der Waals surface area contributed by atoms with Gasteiger partial charge in [0.2, 0.25) is 0 Å². The van der Waals surface area contributed by atoms with Gasteiger partial charge < -0.3 is 4.90 Å². The Balaban J connectivity index is 1.42. The third-order valence-electron chi connectivity index (χ3n) is 5.43. The first kappa shape index (κ1) is 16.2. The minimum atomic E-state index is -0.00104. The van der Waals surface area contributed by atoms with Crippen molar-refractivity contribution in [3.8, 4) is 5.82 Å². The van der Waals surface area contributed by atoms with Gasteiger partial charge in [-0.05, 0) is 43.7 Å². The van der Waals surface area contributed by atoms with Gasteiger partial charge in [-0.15, -0.1) is 0 Å². The van der Waals surface area contributed by atoms with E-state index in [-0.39, 0.29) is 11.6 Å². The maximum atomic E-state index is 12.5. The molecular formula is C19H21N7O. The molecule has 2 aliphatic rings. The van der Waals surface area contributed by atoms with Gasteiger partial charge >= 0.3 is 0 Å². The van der Waals surface area contributed by atoms with Crippen molar-refractivity contribution in [1.29, 1.82) is 0 Å². The molecule has 5 rings (SSSR count). The molecule has 4 heterocycles. The average Bonchev–Trinajstić information content (AvgIpc) is 3.44. The Bertz CT molecular complexity index is 1010. The smallest absolute Gasteiger partial charge is 0.267 e. The second kappa shape index (κ2) is 6.61. The van der Waals surface area contributed by atoms with E-state index in [0.717, 1.165) is 55.7 Å². The number of nitrogens with zero attached hydrogens (tertiary/aromatic N) is 7. The van der Waals surface area contributed by atoms with Crippen LogP contribution in [0.1, 0.15) is 30.5 Å². The Hall–Kier alpha value is -3.03. The summed E-state index contributed by atoms with van der Waals surface area (Å²) in [5, 5.41) is 8.86. The Morgan fingerprint density at radius 1 is 1.15 bits per heavy atom. The molecule has 3 aromatic rings. The van der Waals surface area contributed by atoms with E-state index in [1.165, 1.54) is 0 Å². The molecule has 1 atom stereocenters. The van der Waals surface area contributed by atoms with Crippen molar-refractivity contribution in [2.75, 3.05) is 11.4 Å². The molecule has 1 fully saturated rings. The summed E-state index contributed by atoms with van der Waals surface area (Å²) in [4.78, 5) is 23.8. The fraction of sp³-hybridized carbons (Fsp3) is 0.421. The van der Waals surface area contributed by atoms with Crippen LogP contribution in [0.5, 0.6) is 0 Å². The number of fused-ring (bicyclic) bond motifs is 1. The molecule has 0 amide bonds. The van der Waals surface area contributed by atoms with Gasteiger partial charge in [-0.1, -0.05) is 0 Å². The molecule has 1 saturated heterocycles. The third kappa shape index (κ3) is 3.01. The predicted molar refractivity (Wildman–Crippen MR) is 100 cm³/mol. The molecule has 8 heteroatoms. The summed E-state index contributed by atoms with van der Waals surface area (Å²) in [6.07, 6.45) is 12.2. The lowest BCUT2D eigenvalue weighted by Crippen LogP contribution is -2.38. The van der Waals surface area contributed by atoms with E-state index < -0.39 is 0 Å². The summed E-state index contributed by atoms with van der Waals surface area (Å²) in [7, 11) is 0. The molecule has 1 aliphatic carbocycles. The van der Waals surface area contributed by atoms with Gasteiger partial charge in [0.05, 0.1) is 30.7 Å². The van der Waals surface area contributed by atoms with E-state index in [0.29, 0.717) is 12.4 Å². The number of hydrogen-bond acceptors (Lipinski definition) is 6. The summed E-state index contributed by atoms with van der Waals surface area (Å²) < 4.78 is 3.34. The van der Waals surface area contributed by atoms with Crippen LogP contribution in [0.2, 0.25) is 0 Å². The quantitative estimate of drug-likeness (QED) is 0.696. The van der Waals surface area contributed by atoms with Gasteiger partial charge in [0.1, 0.15) is 5.82 Å². The monoisotopic (exact) mass is 363 g/mol. The third-order valence-corrected chi connectivity index (χ3v) is 5.43. The highest BCUT2D eigenvalue weighted by Crippen LogP contribution is 2.25. The van der Waals surface area contributed by atoms with Gasteiger partial charge in [-0.3, -0.25) is 9.78 Å². The molecule has 8 nitrogen and oxygen atoms in total. The van der Waals surface area contributed by atoms with Gasteiger partial charge in [-0.25, -0.2) is 14.3 Å². The first-order chi connectivity index (χ1) is 13.3. The number of hydrogen-bond donors (Lipinski definition) is 0. The molecule has 0 spiro atoms. The molecule has 0 aromatic carbocycles. The SMILES string of the molecule is O=c1cc2c(nn1CC1CCCN1c1cncc(-n3cccn3)n1)CCC2. The maximum Gasteiger partial charge on any atom is 0.267 e. The highest BCUT2D eigenvalue weighted by Gasteiger charge is 2.28. The van der Waals surface area contributed by atoms with E-state index in [4.69, 9.17) is 4.98 Å². The molecule has 0 radical (unpaired) electrons. The van der Waals surface area contributed by atoms with Crippen LogP contribution < -0.4 is 10.5 Å². The van der Waals surface area contributed by atoms with Crippen molar-refractivity contribution >= 4 is 5.82 Å². The van der Waals surface area contributed by atoms with Crippen LogP contribution in [-0.4, -0.2) is 42.1 Å². The number of aryl methyl sites for hydroxylation is 2. The summed E-state index contributed by atoms with van der Waals surface area (Å²) in [5.41, 5.74) is 2.20. The Kier molecular flexibility index (Phi) is 3.95. The normalized spacial score (nSPS) is 18.8. The van der Waals surface area contributed by atoms with Crippen molar-refractivity contribution in [3.05, 3.63) is 58.5 Å². The van der Waals surface area contributed by atoms with Gasteiger partial charge in [0, 0.05) is 25.0 Å². The Morgan fingerprint density at radius 2 is 2.07 bits per heavy atom. The number of aromatic nitrogens is 6. The van der Waals surface area contributed by atoms with Crippen LogP contribution in [0.25, 0.3) is 5.82 Å². The van der Waals surface area contributed by atoms with Gasteiger partial charge in [0.15, 0.2) is 5.82 Å². The Labute approximate surface area is 156 Å². The lowest BCUT2D eigenvalue weighted by molar-refractivity contribution is 0.481. The first-order valence-electron chi connectivity index (χ1n) is 9.46. The largest absolute Gasteiger partial charge is 0.350 e. The number of anilines is 1. The van der Waals surface area contributed by atoms with Crippen LogP contribution >= 0.6 is 0 Å². The zero-order valence-electron chi connectivity index (χ0n) is 15.0. The summed E-state index contributed by atoms with van der Waals surface area (Å²) in [6, 6.07) is 3.82. The minimum Gasteiger partial charge on any atom is -0.350 e. The molecule has 3 aromatic heterocycles. The highest BCUT2D eigenvalue weighted by molar-refractivity contribution is 5.41. The molecule has 0 saturated carbocycles. The van der Waals surface area contributed by atoms with Crippen LogP contribution in [0.15, 0.2) is 41.7 Å². The van der Waals surface area contributed by atoms with Crippen molar-refractivity contribution in [3.63, 3.8) is 0 Å². The van der Waals surface area contributed by atoms with Crippen molar-refractivity contribution in [1.82, 2.24) is 29.5 Å². The zero-order valence-corrected chi connectivity index (χ0v) is 15.0. The van der Waals surface area contributed by atoms with E-state index >= 15 is 0 Å². The minimum absolute atomic E-state index is 0.00104. The van der Waals surface area contributed by atoms with Crippen LogP contribution in [0.4, 0.5) is 5.82 Å². The lowest BCUT2D eigenvalue weighted by atomic mass is 10.2. The molecule has 0 bridgehead atoms. The van der Waals surface area contributed by atoms with Crippen molar-refractivity contribution < 1.29 is 0 Å². The molecule has 0 N–H and O–H groups in total. The summed E-state index contributed by atoms with van der Waals surface area (Å²) in [5.74, 6) is 1.51. The highest BCUT2D eigenvalue weighted by atomic mass is 16.1. The van der Waals surface area contributed by atoms with Gasteiger partial charge in [0.25, 0.3) is 5.56 Å². The standard InChI is InChI=1S/C19H21N7O/c27-19-10-14-4-1-6-16(14)23-26(19)13-15-5-2-8-24(15)17-11-20-12-18(22-17)25-9-3-7-21-25/h3,7,9-12,15H,1-2,4-6,8,13H2. The molecule has 138 valence electrons. The van der Waals surface area contributed by atoms with Crippen LogP contribution in [0, 0.1) is 0 Å². The van der Waals surface area contributed by atoms with Crippen LogP contribution in [0.3, 0.4) is 0 Å². The molecule has 1 unspecified atom stereocenters. The van der Waals surface area contributed by atoms with E-state index in [9.17, 15) is 4.79 Å². The maximum absolute atomic E-state index is 12.5. The lowest BCUT2D eigenvalue weighted by Gasteiger charge is -2.26. The van der Waals surface area contributed by atoms with E-state index in [1.54, 1.807) is 34.0 Å². The first-order valence-corrected chi connectivity index (χ1v) is 9.46. The number of rotatable bonds is 4. The topological polar surface area (TPSA) is 81.7 Å². The van der Waals surface area contributed by atoms with Crippen LogP contribution in [-0.2, 0) is 19.4 Å². The Morgan fingerprint density at radius 3 is 2.96 bits per heavy atom. The van der Waals surface area contributed by atoms with Crippen molar-refractivity contribution in [2.45, 2.75) is 44.7 Å². The van der Waals surface area contributed by atoms with Gasteiger partial charge in [-0.2, -0.15) is 10.2 Å². The molecular weight excluding hydrogens is 342 g/mol.